The van der Waals surface area contributed by atoms with Gasteiger partial charge in [0, 0.05) is 18.6 Å². The van der Waals surface area contributed by atoms with E-state index in [2.05, 4.69) is 25.7 Å². The van der Waals surface area contributed by atoms with Crippen molar-refractivity contribution in [2.75, 3.05) is 6.54 Å². The summed E-state index contributed by atoms with van der Waals surface area (Å²) in [6.45, 7) is 8.24. The number of rotatable bonds is 6. The minimum atomic E-state index is 0.779. The van der Waals surface area contributed by atoms with Gasteiger partial charge in [-0.05, 0) is 20.3 Å². The minimum absolute atomic E-state index is 0.779. The Labute approximate surface area is 77.1 Å². The van der Waals surface area contributed by atoms with Crippen molar-refractivity contribution >= 4 is 0 Å². The number of nitrogens with zero attached hydrogens (tertiary/aromatic N) is 1. The normalized spacial score (nSPS) is 28.0. The van der Waals surface area contributed by atoms with Crippen LogP contribution in [0.2, 0.25) is 0 Å². The van der Waals surface area contributed by atoms with Gasteiger partial charge in [0.25, 0.3) is 0 Å². The summed E-state index contributed by atoms with van der Waals surface area (Å²) >= 11 is 0. The number of hydrogen-bond acceptors (Lipinski definition) is 1. The summed E-state index contributed by atoms with van der Waals surface area (Å²) in [5.74, 6) is 0. The first kappa shape index (κ1) is 10.0. The van der Waals surface area contributed by atoms with Crippen molar-refractivity contribution < 1.29 is 0 Å². The lowest BCUT2D eigenvalue weighted by atomic mass is 10.1. The molecule has 1 rings (SSSR count). The highest BCUT2D eigenvalue weighted by Crippen LogP contribution is 2.25. The maximum absolute atomic E-state index is 2.59. The molecule has 0 saturated carbocycles. The predicted molar refractivity (Wildman–Crippen MR) is 54.4 cm³/mol. The molecular weight excluding hydrogens is 146 g/mol. The Morgan fingerprint density at radius 2 is 2.00 bits per heavy atom. The van der Waals surface area contributed by atoms with Crippen molar-refractivity contribution in [3.8, 4) is 0 Å². The largest absolute Gasteiger partial charge is 0.295 e. The third kappa shape index (κ3) is 3.14. The lowest BCUT2D eigenvalue weighted by Gasteiger charge is -2.06. The first-order valence-corrected chi connectivity index (χ1v) is 5.51. The van der Waals surface area contributed by atoms with Gasteiger partial charge in [-0.25, -0.2) is 0 Å². The highest BCUT2D eigenvalue weighted by Gasteiger charge is 2.34. The van der Waals surface area contributed by atoms with Crippen LogP contribution in [0.4, 0.5) is 0 Å². The molecule has 1 fully saturated rings. The average molecular weight is 169 g/mol. The van der Waals surface area contributed by atoms with Crippen molar-refractivity contribution in [1.82, 2.24) is 4.90 Å². The van der Waals surface area contributed by atoms with Crippen molar-refractivity contribution in [2.45, 2.75) is 65.0 Å². The van der Waals surface area contributed by atoms with Crippen LogP contribution < -0.4 is 0 Å². The van der Waals surface area contributed by atoms with Crippen molar-refractivity contribution in [3.05, 3.63) is 0 Å². The second-order valence-corrected chi connectivity index (χ2v) is 4.29. The molecular formula is C11H23N. The summed E-state index contributed by atoms with van der Waals surface area (Å²) in [6, 6.07) is 1.73. The maximum Gasteiger partial charge on any atom is 0.0226 e. The highest BCUT2D eigenvalue weighted by molar-refractivity contribution is 4.90. The first-order chi connectivity index (χ1) is 5.75. The summed E-state index contributed by atoms with van der Waals surface area (Å²) in [7, 11) is 0. The van der Waals surface area contributed by atoms with Crippen LogP contribution in [0, 0.1) is 0 Å². The van der Waals surface area contributed by atoms with Crippen LogP contribution in [0.5, 0.6) is 0 Å². The molecule has 0 N–H and O–H groups in total. The molecule has 0 amide bonds. The molecule has 0 bridgehead atoms. The van der Waals surface area contributed by atoms with E-state index in [0.717, 1.165) is 12.1 Å². The van der Waals surface area contributed by atoms with E-state index in [-0.39, 0.29) is 0 Å². The molecule has 0 aliphatic carbocycles. The van der Waals surface area contributed by atoms with Crippen molar-refractivity contribution in [3.63, 3.8) is 0 Å². The molecule has 1 saturated heterocycles. The molecule has 0 radical (unpaired) electrons. The molecule has 1 heteroatoms. The Morgan fingerprint density at radius 1 is 1.25 bits per heavy atom. The van der Waals surface area contributed by atoms with Crippen LogP contribution in [-0.2, 0) is 0 Å². The maximum atomic E-state index is 2.59. The van der Waals surface area contributed by atoms with Crippen molar-refractivity contribution in [1.29, 1.82) is 0 Å². The van der Waals surface area contributed by atoms with Crippen LogP contribution in [0.1, 0.15) is 52.9 Å². The van der Waals surface area contributed by atoms with Gasteiger partial charge < -0.3 is 0 Å². The topological polar surface area (TPSA) is 3.01 Å². The van der Waals surface area contributed by atoms with E-state index in [1.165, 1.54) is 38.6 Å². The molecule has 1 aliphatic heterocycles. The molecule has 1 nitrogen and oxygen atoms in total. The Morgan fingerprint density at radius 3 is 2.50 bits per heavy atom. The van der Waals surface area contributed by atoms with Gasteiger partial charge in [0.1, 0.15) is 0 Å². The minimum Gasteiger partial charge on any atom is -0.295 e. The quantitative estimate of drug-likeness (QED) is 0.436. The molecule has 0 aromatic rings. The summed E-state index contributed by atoms with van der Waals surface area (Å²) in [5, 5.41) is 0. The van der Waals surface area contributed by atoms with Gasteiger partial charge in [-0.3, -0.25) is 4.90 Å². The van der Waals surface area contributed by atoms with E-state index in [1.807, 2.05) is 0 Å². The summed E-state index contributed by atoms with van der Waals surface area (Å²) in [4.78, 5) is 2.59. The second-order valence-electron chi connectivity index (χ2n) is 4.29. The average Bonchev–Trinajstić information content (AvgIpc) is 2.77. The molecule has 2 unspecified atom stereocenters. The van der Waals surface area contributed by atoms with Gasteiger partial charge in [0.2, 0.25) is 0 Å². The Hall–Kier alpha value is -0.0400. The van der Waals surface area contributed by atoms with Crippen LogP contribution in [0.15, 0.2) is 0 Å². The van der Waals surface area contributed by atoms with Gasteiger partial charge in [0.05, 0.1) is 0 Å². The standard InChI is InChI=1S/C11H23N/c1-4-5-6-7-8-11-9-12(11)10(2)3/h10-11H,4-9H2,1-3H3. The van der Waals surface area contributed by atoms with E-state index in [0.29, 0.717) is 0 Å². The van der Waals surface area contributed by atoms with E-state index in [9.17, 15) is 0 Å². The molecule has 72 valence electrons. The van der Waals surface area contributed by atoms with Crippen LogP contribution >= 0.6 is 0 Å². The molecule has 2 atom stereocenters. The fourth-order valence-electron chi connectivity index (χ4n) is 1.89. The molecule has 0 spiro atoms. The van der Waals surface area contributed by atoms with Crippen LogP contribution in [-0.4, -0.2) is 23.5 Å². The summed E-state index contributed by atoms with van der Waals surface area (Å²) in [5.41, 5.74) is 0. The zero-order valence-electron chi connectivity index (χ0n) is 8.84. The SMILES string of the molecule is CCCCCCC1CN1C(C)C. The number of unbranched alkanes of at least 4 members (excludes halogenated alkanes) is 3. The molecule has 1 heterocycles. The number of hydrogen-bond donors (Lipinski definition) is 0. The smallest absolute Gasteiger partial charge is 0.0226 e. The Balaban J connectivity index is 1.90. The molecule has 0 aromatic carbocycles. The third-order valence-corrected chi connectivity index (χ3v) is 2.81. The van der Waals surface area contributed by atoms with Gasteiger partial charge in [0.15, 0.2) is 0 Å². The third-order valence-electron chi connectivity index (χ3n) is 2.81. The zero-order chi connectivity index (χ0) is 8.97. The van der Waals surface area contributed by atoms with Gasteiger partial charge in [-0.1, -0.05) is 32.6 Å². The second kappa shape index (κ2) is 4.86. The fraction of sp³-hybridized carbons (Fsp3) is 1.00. The lowest BCUT2D eigenvalue weighted by molar-refractivity contribution is 0.406. The van der Waals surface area contributed by atoms with Gasteiger partial charge >= 0.3 is 0 Å². The lowest BCUT2D eigenvalue weighted by Crippen LogP contribution is -2.11. The Kier molecular flexibility index (Phi) is 4.07. The summed E-state index contributed by atoms with van der Waals surface area (Å²) < 4.78 is 0. The van der Waals surface area contributed by atoms with E-state index in [1.54, 1.807) is 0 Å². The Bertz CT molecular complexity index is 120. The first-order valence-electron chi connectivity index (χ1n) is 5.51. The molecule has 1 aliphatic rings. The van der Waals surface area contributed by atoms with E-state index < -0.39 is 0 Å². The molecule has 0 aromatic heterocycles. The molecule has 12 heavy (non-hydrogen) atoms. The zero-order valence-corrected chi connectivity index (χ0v) is 8.84. The van der Waals surface area contributed by atoms with E-state index in [4.69, 9.17) is 0 Å². The summed E-state index contributed by atoms with van der Waals surface area (Å²) in [6.07, 6.45) is 7.12. The van der Waals surface area contributed by atoms with E-state index >= 15 is 0 Å². The van der Waals surface area contributed by atoms with Crippen LogP contribution in [0.3, 0.4) is 0 Å². The highest BCUT2D eigenvalue weighted by atomic mass is 15.3. The fourth-order valence-corrected chi connectivity index (χ4v) is 1.89. The van der Waals surface area contributed by atoms with Gasteiger partial charge in [-0.2, -0.15) is 0 Å². The monoisotopic (exact) mass is 169 g/mol. The predicted octanol–water partition coefficient (Wildman–Crippen LogP) is 3.05. The van der Waals surface area contributed by atoms with Gasteiger partial charge in [-0.15, -0.1) is 0 Å². The van der Waals surface area contributed by atoms with Crippen LogP contribution in [0.25, 0.3) is 0 Å². The van der Waals surface area contributed by atoms with Crippen molar-refractivity contribution in [2.24, 2.45) is 0 Å².